The second-order valence-electron chi connectivity index (χ2n) is 4.39. The van der Waals surface area contributed by atoms with Crippen molar-refractivity contribution in [2.24, 2.45) is 5.92 Å². The molecule has 0 saturated heterocycles. The highest BCUT2D eigenvalue weighted by Gasteiger charge is 2.19. The van der Waals surface area contributed by atoms with E-state index < -0.39 is 12.1 Å². The van der Waals surface area contributed by atoms with Crippen molar-refractivity contribution in [3.05, 3.63) is 34.9 Å². The van der Waals surface area contributed by atoms with Crippen molar-refractivity contribution in [2.45, 2.75) is 33.0 Å². The molecule has 1 N–H and O–H groups in total. The molecule has 1 aromatic rings. The van der Waals surface area contributed by atoms with Crippen LogP contribution in [0.3, 0.4) is 0 Å². The molecule has 0 heterocycles. The molecule has 0 aliphatic carbocycles. The summed E-state index contributed by atoms with van der Waals surface area (Å²) in [7, 11) is 0. The Bertz CT molecular complexity index is 359. The van der Waals surface area contributed by atoms with Crippen LogP contribution >= 0.6 is 11.6 Å². The second-order valence-corrected chi connectivity index (χ2v) is 4.83. The standard InChI is InChI=1S/C13H17ClO3/c1-9(2)7-12(13(15)16)17-8-10-3-5-11(14)6-4-10/h3-6,9,12H,7-8H2,1-2H3,(H,15,16)/t12-/m0/s1. The normalized spacial score (nSPS) is 12.7. The van der Waals surface area contributed by atoms with Crippen LogP contribution < -0.4 is 0 Å². The highest BCUT2D eigenvalue weighted by Crippen LogP contribution is 2.14. The Hall–Kier alpha value is -1.06. The fourth-order valence-electron chi connectivity index (χ4n) is 1.45. The molecular formula is C13H17ClO3. The Kier molecular flexibility index (Phi) is 5.45. The van der Waals surface area contributed by atoms with Crippen molar-refractivity contribution in [1.29, 1.82) is 0 Å². The second kappa shape index (κ2) is 6.62. The number of ether oxygens (including phenoxy) is 1. The lowest BCUT2D eigenvalue weighted by molar-refractivity contribution is -0.152. The topological polar surface area (TPSA) is 46.5 Å². The van der Waals surface area contributed by atoms with Crippen molar-refractivity contribution in [3.8, 4) is 0 Å². The van der Waals surface area contributed by atoms with Gasteiger partial charge in [-0.2, -0.15) is 0 Å². The van der Waals surface area contributed by atoms with E-state index in [9.17, 15) is 4.79 Å². The molecule has 0 bridgehead atoms. The van der Waals surface area contributed by atoms with Gasteiger partial charge in [-0.15, -0.1) is 0 Å². The van der Waals surface area contributed by atoms with Gasteiger partial charge in [0, 0.05) is 5.02 Å². The molecule has 0 aromatic heterocycles. The zero-order chi connectivity index (χ0) is 12.8. The van der Waals surface area contributed by atoms with Crippen LogP contribution in [0, 0.1) is 5.92 Å². The van der Waals surface area contributed by atoms with Gasteiger partial charge in [0.1, 0.15) is 0 Å². The molecular weight excluding hydrogens is 240 g/mol. The maximum Gasteiger partial charge on any atom is 0.332 e. The van der Waals surface area contributed by atoms with Crippen molar-refractivity contribution < 1.29 is 14.6 Å². The van der Waals surface area contributed by atoms with Gasteiger partial charge in [-0.05, 0) is 30.0 Å². The van der Waals surface area contributed by atoms with Crippen molar-refractivity contribution in [1.82, 2.24) is 0 Å². The third-order valence-electron chi connectivity index (χ3n) is 2.33. The molecule has 94 valence electrons. The van der Waals surface area contributed by atoms with Gasteiger partial charge < -0.3 is 9.84 Å². The molecule has 4 heteroatoms. The summed E-state index contributed by atoms with van der Waals surface area (Å²) in [5, 5.41) is 9.66. The van der Waals surface area contributed by atoms with Gasteiger partial charge in [0.05, 0.1) is 6.61 Å². The van der Waals surface area contributed by atoms with Gasteiger partial charge in [0.25, 0.3) is 0 Å². The molecule has 0 unspecified atom stereocenters. The van der Waals surface area contributed by atoms with Crippen molar-refractivity contribution in [2.75, 3.05) is 0 Å². The zero-order valence-corrected chi connectivity index (χ0v) is 10.8. The smallest absolute Gasteiger partial charge is 0.332 e. The summed E-state index contributed by atoms with van der Waals surface area (Å²) >= 11 is 5.76. The van der Waals surface area contributed by atoms with Gasteiger partial charge in [-0.3, -0.25) is 0 Å². The van der Waals surface area contributed by atoms with Crippen LogP contribution in [-0.2, 0) is 16.1 Å². The number of hydrogen-bond acceptors (Lipinski definition) is 2. The minimum atomic E-state index is -0.910. The Morgan fingerprint density at radius 2 is 1.94 bits per heavy atom. The fourth-order valence-corrected chi connectivity index (χ4v) is 1.57. The predicted molar refractivity (Wildman–Crippen MR) is 67.1 cm³/mol. The average Bonchev–Trinajstić information content (AvgIpc) is 2.25. The summed E-state index contributed by atoms with van der Waals surface area (Å²) in [5.41, 5.74) is 0.921. The van der Waals surface area contributed by atoms with Crippen molar-refractivity contribution >= 4 is 17.6 Å². The average molecular weight is 257 g/mol. The third-order valence-corrected chi connectivity index (χ3v) is 2.58. The quantitative estimate of drug-likeness (QED) is 0.849. The molecule has 0 spiro atoms. The first-order valence-electron chi connectivity index (χ1n) is 5.58. The van der Waals surface area contributed by atoms with E-state index in [0.29, 0.717) is 24.0 Å². The number of carbonyl (C=O) groups is 1. The zero-order valence-electron chi connectivity index (χ0n) is 10.0. The molecule has 1 rings (SSSR count). The molecule has 0 radical (unpaired) electrons. The summed E-state index contributed by atoms with van der Waals surface area (Å²) in [6, 6.07) is 7.18. The van der Waals surface area contributed by atoms with Crippen LogP contribution in [-0.4, -0.2) is 17.2 Å². The summed E-state index contributed by atoms with van der Waals surface area (Å²) < 4.78 is 5.40. The molecule has 3 nitrogen and oxygen atoms in total. The molecule has 0 amide bonds. The van der Waals surface area contributed by atoms with Gasteiger partial charge in [0.15, 0.2) is 6.10 Å². The van der Waals surface area contributed by atoms with E-state index in [-0.39, 0.29) is 0 Å². The lowest BCUT2D eigenvalue weighted by Crippen LogP contribution is -2.25. The summed E-state index contributed by atoms with van der Waals surface area (Å²) in [6.45, 7) is 4.24. The first-order chi connectivity index (χ1) is 7.99. The lowest BCUT2D eigenvalue weighted by Gasteiger charge is -2.15. The lowest BCUT2D eigenvalue weighted by atomic mass is 10.1. The molecule has 0 aliphatic heterocycles. The van der Waals surface area contributed by atoms with Gasteiger partial charge in [-0.25, -0.2) is 4.79 Å². The first kappa shape index (κ1) is 14.0. The van der Waals surface area contributed by atoms with Crippen LogP contribution in [0.5, 0.6) is 0 Å². The number of hydrogen-bond donors (Lipinski definition) is 1. The van der Waals surface area contributed by atoms with Gasteiger partial charge >= 0.3 is 5.97 Å². The van der Waals surface area contributed by atoms with Crippen LogP contribution in [0.1, 0.15) is 25.8 Å². The Morgan fingerprint density at radius 1 is 1.35 bits per heavy atom. The van der Waals surface area contributed by atoms with Crippen LogP contribution in [0.2, 0.25) is 5.02 Å². The SMILES string of the molecule is CC(C)C[C@H](OCc1ccc(Cl)cc1)C(=O)O. The van der Waals surface area contributed by atoms with E-state index in [2.05, 4.69) is 0 Å². The molecule has 1 aromatic carbocycles. The highest BCUT2D eigenvalue weighted by molar-refractivity contribution is 6.30. The first-order valence-corrected chi connectivity index (χ1v) is 5.95. The predicted octanol–water partition coefficient (Wildman–Crippen LogP) is 3.36. The number of aliphatic carboxylic acids is 1. The fraction of sp³-hybridized carbons (Fsp3) is 0.462. The van der Waals surface area contributed by atoms with E-state index in [0.717, 1.165) is 5.56 Å². The highest BCUT2D eigenvalue weighted by atomic mass is 35.5. The van der Waals surface area contributed by atoms with E-state index in [1.165, 1.54) is 0 Å². The molecule has 0 saturated carbocycles. The van der Waals surface area contributed by atoms with Crippen molar-refractivity contribution in [3.63, 3.8) is 0 Å². The summed E-state index contributed by atoms with van der Waals surface area (Å²) in [6.07, 6.45) is -0.228. The minimum Gasteiger partial charge on any atom is -0.479 e. The Balaban J connectivity index is 2.51. The maximum atomic E-state index is 11.0. The third kappa shape index (κ3) is 5.20. The van der Waals surface area contributed by atoms with Gasteiger partial charge in [0.2, 0.25) is 0 Å². The number of carboxylic acid groups (broad SMARTS) is 1. The Morgan fingerprint density at radius 3 is 2.41 bits per heavy atom. The summed E-state index contributed by atoms with van der Waals surface area (Å²) in [4.78, 5) is 11.0. The molecule has 17 heavy (non-hydrogen) atoms. The van der Waals surface area contributed by atoms with Crippen LogP contribution in [0.25, 0.3) is 0 Å². The van der Waals surface area contributed by atoms with E-state index in [1.54, 1.807) is 12.1 Å². The van der Waals surface area contributed by atoms with Crippen LogP contribution in [0.4, 0.5) is 0 Å². The largest absolute Gasteiger partial charge is 0.479 e. The van der Waals surface area contributed by atoms with Gasteiger partial charge in [-0.1, -0.05) is 37.6 Å². The number of benzene rings is 1. The number of halogens is 1. The maximum absolute atomic E-state index is 11.0. The molecule has 0 fully saturated rings. The molecule has 1 atom stereocenters. The van der Waals surface area contributed by atoms with E-state index in [4.69, 9.17) is 21.4 Å². The van der Waals surface area contributed by atoms with Crippen LogP contribution in [0.15, 0.2) is 24.3 Å². The Labute approximate surface area is 106 Å². The monoisotopic (exact) mass is 256 g/mol. The van der Waals surface area contributed by atoms with E-state index in [1.807, 2.05) is 26.0 Å². The minimum absolute atomic E-state index is 0.293. The number of rotatable bonds is 6. The molecule has 0 aliphatic rings. The van der Waals surface area contributed by atoms with E-state index >= 15 is 0 Å². The number of carboxylic acids is 1. The summed E-state index contributed by atoms with van der Waals surface area (Å²) in [5.74, 6) is -0.617.